The number of nitrogens with one attached hydrogen (secondary N) is 3. The fourth-order valence-corrected chi connectivity index (χ4v) is 6.58. The van der Waals surface area contributed by atoms with E-state index in [1.165, 1.54) is 4.90 Å². The molecule has 6 atom stereocenters. The summed E-state index contributed by atoms with van der Waals surface area (Å²) in [4.78, 5) is 56.5. The zero-order chi connectivity index (χ0) is 34.6. The maximum absolute atomic E-state index is 14.4. The highest BCUT2D eigenvalue weighted by Gasteiger charge is 2.45. The van der Waals surface area contributed by atoms with E-state index < -0.39 is 70.3 Å². The average Bonchev–Trinajstić information content (AvgIpc) is 3.53. The van der Waals surface area contributed by atoms with Crippen molar-refractivity contribution >= 4 is 23.6 Å². The molecule has 0 radical (unpaired) electrons. The molecule has 256 valence electrons. The van der Waals surface area contributed by atoms with Gasteiger partial charge in [-0.2, -0.15) is 8.78 Å². The van der Waals surface area contributed by atoms with Crippen molar-refractivity contribution in [2.45, 2.75) is 83.6 Å². The number of rotatable bonds is 12. The number of nitrogens with zero attached hydrogens (tertiary/aromatic N) is 2. The molecule has 4 amide bonds. The minimum atomic E-state index is -2.14. The van der Waals surface area contributed by atoms with Gasteiger partial charge in [0.2, 0.25) is 29.4 Å². The molecule has 0 aliphatic carbocycles. The van der Waals surface area contributed by atoms with Gasteiger partial charge >= 0.3 is 0 Å². The Hall–Kier alpha value is -4.20. The number of aryl methyl sites for hydroxylation is 1. The number of aromatic hydroxyl groups is 1. The van der Waals surface area contributed by atoms with Crippen LogP contribution in [0.3, 0.4) is 0 Å². The fourth-order valence-electron chi connectivity index (χ4n) is 6.58. The van der Waals surface area contributed by atoms with Crippen LogP contribution in [0.5, 0.6) is 5.75 Å². The fraction of sp³-hybridized carbons (Fsp3) is 0.515. The van der Waals surface area contributed by atoms with Crippen molar-refractivity contribution in [1.82, 2.24) is 25.8 Å². The molecule has 47 heavy (non-hydrogen) atoms. The van der Waals surface area contributed by atoms with Gasteiger partial charge in [0.1, 0.15) is 17.6 Å². The molecule has 2 heterocycles. The van der Waals surface area contributed by atoms with Crippen LogP contribution in [0.1, 0.15) is 62.9 Å². The van der Waals surface area contributed by atoms with Crippen LogP contribution >= 0.6 is 0 Å². The van der Waals surface area contributed by atoms with Gasteiger partial charge in [0.15, 0.2) is 17.4 Å². The van der Waals surface area contributed by atoms with Crippen LogP contribution in [0, 0.1) is 29.2 Å². The maximum Gasteiger partial charge on any atom is 0.258 e. The summed E-state index contributed by atoms with van der Waals surface area (Å²) >= 11 is 0. The number of phenols is 1. The Morgan fingerprint density at radius 1 is 0.915 bits per heavy atom. The van der Waals surface area contributed by atoms with Crippen LogP contribution < -0.4 is 16.0 Å². The summed E-state index contributed by atoms with van der Waals surface area (Å²) < 4.78 is 56.7. The molecule has 10 nitrogen and oxygen atoms in total. The Morgan fingerprint density at radius 2 is 1.55 bits per heavy atom. The smallest absolute Gasteiger partial charge is 0.258 e. The predicted octanol–water partition coefficient (Wildman–Crippen LogP) is 3.02. The Labute approximate surface area is 270 Å². The van der Waals surface area contributed by atoms with Gasteiger partial charge in [0.25, 0.3) is 5.91 Å². The van der Waals surface area contributed by atoms with Gasteiger partial charge in [-0.15, -0.1) is 0 Å². The molecule has 2 aliphatic rings. The Bertz CT molecular complexity index is 1470. The predicted molar refractivity (Wildman–Crippen MR) is 164 cm³/mol. The van der Waals surface area contributed by atoms with E-state index >= 15 is 0 Å². The Balaban J connectivity index is 1.53. The minimum absolute atomic E-state index is 0.000906. The van der Waals surface area contributed by atoms with Crippen LogP contribution in [-0.4, -0.2) is 88.4 Å². The van der Waals surface area contributed by atoms with Gasteiger partial charge in [-0.25, -0.2) is 8.78 Å². The second-order valence-corrected chi connectivity index (χ2v) is 12.2. The lowest BCUT2D eigenvalue weighted by molar-refractivity contribution is -0.138. The monoisotopic (exact) mass is 663 g/mol. The Morgan fingerprint density at radius 3 is 2.15 bits per heavy atom. The highest BCUT2D eigenvalue weighted by Crippen LogP contribution is 2.30. The van der Waals surface area contributed by atoms with Gasteiger partial charge in [-0.1, -0.05) is 44.2 Å². The van der Waals surface area contributed by atoms with E-state index in [2.05, 4.69) is 20.9 Å². The van der Waals surface area contributed by atoms with Crippen molar-refractivity contribution < 1.29 is 41.8 Å². The maximum atomic E-state index is 14.4. The molecule has 2 aliphatic heterocycles. The lowest BCUT2D eigenvalue weighted by Crippen LogP contribution is -2.53. The zero-order valence-electron chi connectivity index (χ0n) is 26.8. The van der Waals surface area contributed by atoms with Crippen molar-refractivity contribution in [2.24, 2.45) is 5.92 Å². The second-order valence-electron chi connectivity index (χ2n) is 12.2. The third-order valence-electron chi connectivity index (χ3n) is 8.99. The van der Waals surface area contributed by atoms with E-state index in [9.17, 15) is 41.8 Å². The quantitative estimate of drug-likeness (QED) is 0.204. The van der Waals surface area contributed by atoms with Gasteiger partial charge in [-0.3, -0.25) is 24.1 Å². The first kappa shape index (κ1) is 35.7. The lowest BCUT2D eigenvalue weighted by atomic mass is 10.0. The molecule has 2 aromatic carbocycles. The van der Waals surface area contributed by atoms with Crippen LogP contribution in [0.15, 0.2) is 30.3 Å². The summed E-state index contributed by atoms with van der Waals surface area (Å²) in [6.07, 6.45) is 1.81. The van der Waals surface area contributed by atoms with E-state index in [1.54, 1.807) is 6.92 Å². The number of halogens is 4. The molecule has 2 aromatic rings. The van der Waals surface area contributed by atoms with Crippen molar-refractivity contribution in [3.8, 4) is 5.75 Å². The first-order chi connectivity index (χ1) is 22.3. The van der Waals surface area contributed by atoms with Crippen LogP contribution in [0.25, 0.3) is 0 Å². The molecule has 0 bridgehead atoms. The van der Waals surface area contributed by atoms with Crippen molar-refractivity contribution in [2.75, 3.05) is 19.6 Å². The van der Waals surface area contributed by atoms with Gasteiger partial charge in [0, 0.05) is 37.6 Å². The highest BCUT2D eigenvalue weighted by atomic mass is 19.2. The van der Waals surface area contributed by atoms with E-state index in [0.717, 1.165) is 5.56 Å². The molecular weight excluding hydrogens is 622 g/mol. The molecular formula is C33H41F4N5O5. The largest absolute Gasteiger partial charge is 0.503 e. The lowest BCUT2D eigenvalue weighted by Gasteiger charge is -2.30. The summed E-state index contributed by atoms with van der Waals surface area (Å²) in [6, 6.07) is 6.28. The summed E-state index contributed by atoms with van der Waals surface area (Å²) in [7, 11) is 0. The second kappa shape index (κ2) is 15.1. The minimum Gasteiger partial charge on any atom is -0.503 e. The van der Waals surface area contributed by atoms with Crippen LogP contribution in [0.4, 0.5) is 17.6 Å². The molecule has 0 aromatic heterocycles. The molecule has 0 saturated carbocycles. The molecule has 14 heteroatoms. The first-order valence-electron chi connectivity index (χ1n) is 15.8. The SMILES string of the molecule is CCNC(=O)[C@H](CC)N1C[C@@H](NC(=O)[C@H](CCc2ccccc2)N2CC(C)[C@H](NC(=O)c3c(F)c(F)c(O)c(F)c3F)C2=O)CC1C. The number of benzene rings is 2. The number of likely N-dealkylation sites (N-methyl/N-ethyl adjacent to an activating group) is 1. The van der Waals surface area contributed by atoms with Crippen LogP contribution in [-0.2, 0) is 20.8 Å². The zero-order valence-corrected chi connectivity index (χ0v) is 26.8. The topological polar surface area (TPSA) is 131 Å². The van der Waals surface area contributed by atoms with Crippen molar-refractivity contribution in [1.29, 1.82) is 0 Å². The molecule has 2 fully saturated rings. The standard InChI is InChI=1S/C33H41F4N5O5/c1-5-21(30(44)38-6-2)41-16-20(14-18(41)4)39-31(45)22(13-12-19-10-8-7-9-11-19)42-15-17(3)28(33(42)47)40-32(46)23-24(34)26(36)29(43)27(37)25(23)35/h7-11,17-18,20-22,28,43H,5-6,12-16H2,1-4H3,(H,38,44)(H,39,45)(H,40,46)/t17?,18?,20-,21-,22-,28-/m0/s1. The molecule has 0 spiro atoms. The first-order valence-corrected chi connectivity index (χ1v) is 15.8. The number of carbonyl (C=O) groups is 4. The van der Waals surface area contributed by atoms with E-state index in [-0.39, 0.29) is 37.0 Å². The number of likely N-dealkylation sites (tertiary alicyclic amines) is 2. The number of amides is 4. The number of carbonyl (C=O) groups excluding carboxylic acids is 4. The highest BCUT2D eigenvalue weighted by molar-refractivity contribution is 5.99. The Kier molecular flexibility index (Phi) is 11.5. The normalized spacial score (nSPS) is 22.6. The molecule has 2 saturated heterocycles. The van der Waals surface area contributed by atoms with Gasteiger partial charge in [0.05, 0.1) is 6.04 Å². The number of hydrogen-bond acceptors (Lipinski definition) is 6. The van der Waals surface area contributed by atoms with Crippen molar-refractivity contribution in [3.63, 3.8) is 0 Å². The van der Waals surface area contributed by atoms with E-state index in [4.69, 9.17) is 0 Å². The van der Waals surface area contributed by atoms with Gasteiger partial charge in [-0.05, 0) is 45.1 Å². The summed E-state index contributed by atoms with van der Waals surface area (Å²) in [5.74, 6) is -13.9. The van der Waals surface area contributed by atoms with Crippen LogP contribution in [0.2, 0.25) is 0 Å². The third-order valence-corrected chi connectivity index (χ3v) is 8.99. The van der Waals surface area contributed by atoms with Crippen molar-refractivity contribution in [3.05, 3.63) is 64.7 Å². The molecule has 4 N–H and O–H groups in total. The number of phenolic OH excluding ortho intramolecular Hbond substituents is 1. The summed E-state index contributed by atoms with van der Waals surface area (Å²) in [5.41, 5.74) is -0.696. The van der Waals surface area contributed by atoms with E-state index in [0.29, 0.717) is 32.4 Å². The summed E-state index contributed by atoms with van der Waals surface area (Å²) in [5, 5.41) is 17.3. The molecule has 4 rings (SSSR count). The average molecular weight is 664 g/mol. The van der Waals surface area contributed by atoms with E-state index in [1.807, 2.05) is 51.1 Å². The number of hydrogen-bond donors (Lipinski definition) is 4. The van der Waals surface area contributed by atoms with Gasteiger partial charge < -0.3 is 26.0 Å². The third kappa shape index (κ3) is 7.53. The summed E-state index contributed by atoms with van der Waals surface area (Å²) in [6.45, 7) is 8.26. The molecule has 2 unspecified atom stereocenters.